The summed E-state index contributed by atoms with van der Waals surface area (Å²) in [5.74, 6) is -0.409. The second-order valence-electron chi connectivity index (χ2n) is 4.52. The predicted molar refractivity (Wildman–Crippen MR) is 75.9 cm³/mol. The molecule has 0 aliphatic carbocycles. The molecule has 0 aromatic heterocycles. The molecule has 1 atom stereocenters. The van der Waals surface area contributed by atoms with Gasteiger partial charge in [-0.1, -0.05) is 29.3 Å². The Balaban J connectivity index is 2.66. The highest BCUT2D eigenvalue weighted by atomic mass is 35.5. The first-order valence-electron chi connectivity index (χ1n) is 5.81. The molecule has 19 heavy (non-hydrogen) atoms. The Kier molecular flexibility index (Phi) is 6.07. The van der Waals surface area contributed by atoms with E-state index in [-0.39, 0.29) is 22.2 Å². The zero-order valence-corrected chi connectivity index (χ0v) is 12.4. The number of amides is 1. The van der Waals surface area contributed by atoms with Crippen LogP contribution in [0.2, 0.25) is 10.0 Å². The lowest BCUT2D eigenvalue weighted by molar-refractivity contribution is 0.0243. The molecule has 0 spiro atoms. The quantitative estimate of drug-likeness (QED) is 0.849. The van der Waals surface area contributed by atoms with Gasteiger partial charge in [0.05, 0.1) is 21.2 Å². The van der Waals surface area contributed by atoms with Gasteiger partial charge in [0.15, 0.2) is 0 Å². The van der Waals surface area contributed by atoms with Crippen LogP contribution in [0, 0.1) is 0 Å². The molecule has 0 saturated heterocycles. The van der Waals surface area contributed by atoms with Crippen molar-refractivity contribution in [2.75, 3.05) is 20.3 Å². The molecule has 0 heterocycles. The molecule has 1 aromatic carbocycles. The van der Waals surface area contributed by atoms with Crippen molar-refractivity contribution in [3.05, 3.63) is 33.8 Å². The third-order valence-corrected chi connectivity index (χ3v) is 3.29. The van der Waals surface area contributed by atoms with Crippen molar-refractivity contribution < 1.29 is 14.6 Å². The summed E-state index contributed by atoms with van der Waals surface area (Å²) in [5.41, 5.74) is -0.826. The minimum absolute atomic E-state index is 0.0940. The lowest BCUT2D eigenvalue weighted by Gasteiger charge is -2.23. The van der Waals surface area contributed by atoms with Crippen molar-refractivity contribution in [3.8, 4) is 0 Å². The minimum atomic E-state index is -1.04. The first-order valence-corrected chi connectivity index (χ1v) is 6.56. The van der Waals surface area contributed by atoms with E-state index >= 15 is 0 Å². The van der Waals surface area contributed by atoms with Gasteiger partial charge in [0.2, 0.25) is 0 Å². The number of aliphatic hydroxyl groups is 1. The predicted octanol–water partition coefficient (Wildman–Crippen LogP) is 2.51. The molecule has 1 rings (SSSR count). The van der Waals surface area contributed by atoms with Crippen LogP contribution in [0.25, 0.3) is 0 Å². The highest BCUT2D eigenvalue weighted by Gasteiger charge is 2.22. The average Bonchev–Trinajstić information content (AvgIpc) is 2.34. The van der Waals surface area contributed by atoms with Crippen LogP contribution in [0.3, 0.4) is 0 Å². The Bertz CT molecular complexity index is 429. The molecule has 106 valence electrons. The molecule has 1 aromatic rings. The lowest BCUT2D eigenvalue weighted by atomic mass is 10.0. The topological polar surface area (TPSA) is 58.6 Å². The summed E-state index contributed by atoms with van der Waals surface area (Å²) in [4.78, 5) is 12.0. The maximum absolute atomic E-state index is 12.0. The maximum atomic E-state index is 12.0. The first kappa shape index (κ1) is 16.2. The van der Waals surface area contributed by atoms with E-state index < -0.39 is 11.5 Å². The van der Waals surface area contributed by atoms with E-state index in [9.17, 15) is 9.90 Å². The number of ether oxygens (including phenoxy) is 1. The number of nitrogens with one attached hydrogen (secondary N) is 1. The van der Waals surface area contributed by atoms with Crippen molar-refractivity contribution in [2.45, 2.75) is 18.9 Å². The van der Waals surface area contributed by atoms with Crippen molar-refractivity contribution in [1.82, 2.24) is 5.32 Å². The van der Waals surface area contributed by atoms with Crippen LogP contribution in [0.15, 0.2) is 18.2 Å². The Morgan fingerprint density at radius 1 is 1.42 bits per heavy atom. The summed E-state index contributed by atoms with van der Waals surface area (Å²) in [6, 6.07) is 4.84. The summed E-state index contributed by atoms with van der Waals surface area (Å²) in [5, 5.41) is 13.2. The van der Waals surface area contributed by atoms with E-state index in [1.807, 2.05) is 0 Å². The molecule has 0 saturated carbocycles. The summed E-state index contributed by atoms with van der Waals surface area (Å²) in [6.45, 7) is 2.13. The van der Waals surface area contributed by atoms with Crippen LogP contribution in [0.4, 0.5) is 0 Å². The fourth-order valence-electron chi connectivity index (χ4n) is 1.48. The second kappa shape index (κ2) is 7.10. The Morgan fingerprint density at radius 3 is 2.53 bits per heavy atom. The van der Waals surface area contributed by atoms with Crippen LogP contribution < -0.4 is 5.32 Å². The number of halogens is 2. The van der Waals surface area contributed by atoms with Gasteiger partial charge in [-0.05, 0) is 19.1 Å². The fraction of sp³-hybridized carbons (Fsp3) is 0.462. The van der Waals surface area contributed by atoms with E-state index in [0.29, 0.717) is 13.0 Å². The molecule has 1 amide bonds. The zero-order valence-electron chi connectivity index (χ0n) is 10.9. The van der Waals surface area contributed by atoms with E-state index in [2.05, 4.69) is 5.32 Å². The number of carbonyl (C=O) groups excluding carboxylic acids is 1. The van der Waals surface area contributed by atoms with Gasteiger partial charge in [0.25, 0.3) is 5.91 Å². The highest BCUT2D eigenvalue weighted by molar-refractivity contribution is 6.39. The maximum Gasteiger partial charge on any atom is 0.254 e. The molecule has 0 aliphatic rings. The zero-order chi connectivity index (χ0) is 14.5. The van der Waals surface area contributed by atoms with E-state index in [0.717, 1.165) is 0 Å². The summed E-state index contributed by atoms with van der Waals surface area (Å²) in [7, 11) is 1.55. The Labute approximate surface area is 122 Å². The molecule has 0 radical (unpaired) electrons. The first-order chi connectivity index (χ1) is 8.87. The highest BCUT2D eigenvalue weighted by Crippen LogP contribution is 2.24. The summed E-state index contributed by atoms with van der Waals surface area (Å²) >= 11 is 11.9. The smallest absolute Gasteiger partial charge is 0.254 e. The Morgan fingerprint density at radius 2 is 2.00 bits per heavy atom. The number of carbonyl (C=O) groups is 1. The van der Waals surface area contributed by atoms with Crippen molar-refractivity contribution in [1.29, 1.82) is 0 Å². The molecule has 1 unspecified atom stereocenters. The average molecular weight is 306 g/mol. The molecular weight excluding hydrogens is 289 g/mol. The summed E-state index contributed by atoms with van der Waals surface area (Å²) in [6.07, 6.45) is 0.417. The third-order valence-electron chi connectivity index (χ3n) is 2.66. The van der Waals surface area contributed by atoms with Gasteiger partial charge < -0.3 is 15.2 Å². The normalized spacial score (nSPS) is 13.9. The van der Waals surface area contributed by atoms with Crippen LogP contribution in [0.1, 0.15) is 23.7 Å². The van der Waals surface area contributed by atoms with Gasteiger partial charge >= 0.3 is 0 Å². The van der Waals surface area contributed by atoms with Crippen molar-refractivity contribution >= 4 is 29.1 Å². The molecule has 4 nitrogen and oxygen atoms in total. The summed E-state index contributed by atoms with van der Waals surface area (Å²) < 4.78 is 4.89. The molecule has 2 N–H and O–H groups in total. The van der Waals surface area contributed by atoms with Gasteiger partial charge in [0.1, 0.15) is 0 Å². The van der Waals surface area contributed by atoms with Gasteiger partial charge in [-0.15, -0.1) is 0 Å². The van der Waals surface area contributed by atoms with E-state index in [1.165, 1.54) is 0 Å². The second-order valence-corrected chi connectivity index (χ2v) is 5.33. The van der Waals surface area contributed by atoms with Crippen LogP contribution >= 0.6 is 23.2 Å². The van der Waals surface area contributed by atoms with Gasteiger partial charge in [-0.25, -0.2) is 0 Å². The number of hydrogen-bond donors (Lipinski definition) is 2. The van der Waals surface area contributed by atoms with Gasteiger partial charge in [0, 0.05) is 26.7 Å². The molecular formula is C13H17Cl2NO3. The van der Waals surface area contributed by atoms with Crippen molar-refractivity contribution in [2.24, 2.45) is 0 Å². The number of hydrogen-bond acceptors (Lipinski definition) is 3. The van der Waals surface area contributed by atoms with E-state index in [4.69, 9.17) is 27.9 Å². The van der Waals surface area contributed by atoms with E-state index in [1.54, 1.807) is 32.2 Å². The molecule has 0 fully saturated rings. The van der Waals surface area contributed by atoms with Crippen molar-refractivity contribution in [3.63, 3.8) is 0 Å². The molecule has 0 bridgehead atoms. The number of rotatable bonds is 6. The minimum Gasteiger partial charge on any atom is -0.388 e. The van der Waals surface area contributed by atoms with Gasteiger partial charge in [-0.3, -0.25) is 4.79 Å². The van der Waals surface area contributed by atoms with Crippen LogP contribution in [-0.4, -0.2) is 36.9 Å². The van der Waals surface area contributed by atoms with Crippen LogP contribution in [0.5, 0.6) is 0 Å². The number of methoxy groups -OCH3 is 1. The standard InChI is InChI=1S/C13H17Cl2NO3/c1-13(18,6-7-19-2)8-16-12(17)11-9(14)4-3-5-10(11)15/h3-5,18H,6-8H2,1-2H3,(H,16,17). The largest absolute Gasteiger partial charge is 0.388 e. The SMILES string of the molecule is COCCC(C)(O)CNC(=O)c1c(Cl)cccc1Cl. The van der Waals surface area contributed by atoms with Crippen LogP contribution in [-0.2, 0) is 4.74 Å². The molecule has 0 aliphatic heterocycles. The Hall–Kier alpha value is -0.810. The number of benzene rings is 1. The fourth-order valence-corrected chi connectivity index (χ4v) is 2.05. The lowest BCUT2D eigenvalue weighted by Crippen LogP contribution is -2.41. The molecule has 6 heteroatoms. The van der Waals surface area contributed by atoms with Gasteiger partial charge in [-0.2, -0.15) is 0 Å². The third kappa shape index (κ3) is 4.99. The monoisotopic (exact) mass is 305 g/mol.